The van der Waals surface area contributed by atoms with Crippen molar-refractivity contribution in [3.8, 4) is 5.75 Å². The first-order chi connectivity index (χ1) is 12.1. The lowest BCUT2D eigenvalue weighted by Crippen LogP contribution is -2.39. The van der Waals surface area contributed by atoms with Gasteiger partial charge in [-0.15, -0.1) is 0 Å². The molecule has 0 saturated heterocycles. The zero-order valence-corrected chi connectivity index (χ0v) is 15.4. The Labute approximate surface area is 153 Å². The molecule has 25 heavy (non-hydrogen) atoms. The van der Waals surface area contributed by atoms with Crippen LogP contribution in [0.25, 0.3) is 0 Å². The number of hydrogen-bond acceptors (Lipinski definition) is 3. The van der Waals surface area contributed by atoms with Gasteiger partial charge in [-0.2, -0.15) is 11.8 Å². The number of benzene rings is 2. The Kier molecular flexibility index (Phi) is 7.79. The molecule has 0 spiro atoms. The predicted molar refractivity (Wildman–Crippen MR) is 101 cm³/mol. The van der Waals surface area contributed by atoms with Gasteiger partial charge in [-0.1, -0.05) is 31.2 Å². The van der Waals surface area contributed by atoms with E-state index in [4.69, 9.17) is 4.74 Å². The summed E-state index contributed by atoms with van der Waals surface area (Å²) in [6, 6.07) is 14.0. The average molecular weight is 361 g/mol. The van der Waals surface area contributed by atoms with Crippen molar-refractivity contribution in [2.45, 2.75) is 32.1 Å². The van der Waals surface area contributed by atoms with Crippen molar-refractivity contribution in [1.29, 1.82) is 0 Å². The molecule has 0 bridgehead atoms. The standard InChI is InChI=1S/C20H24FNO2S/c1-3-19(24-18-10-8-17(21)9-11-18)20(23)22-12-13-25-14-16-7-5-4-6-15(16)2/h4-11,19H,3,12-14H2,1-2H3,(H,22,23)/t19-/m0/s1. The number of carbonyl (C=O) groups excluding carboxylic acids is 1. The molecular formula is C20H24FNO2S. The fourth-order valence-corrected chi connectivity index (χ4v) is 3.25. The Balaban J connectivity index is 1.71. The molecule has 0 aliphatic rings. The highest BCUT2D eigenvalue weighted by atomic mass is 32.2. The Morgan fingerprint density at radius 3 is 2.60 bits per heavy atom. The van der Waals surface area contributed by atoms with Gasteiger partial charge in [-0.3, -0.25) is 4.79 Å². The Bertz CT molecular complexity index is 676. The van der Waals surface area contributed by atoms with Gasteiger partial charge in [0.05, 0.1) is 0 Å². The Morgan fingerprint density at radius 2 is 1.92 bits per heavy atom. The van der Waals surface area contributed by atoms with Gasteiger partial charge in [-0.25, -0.2) is 4.39 Å². The smallest absolute Gasteiger partial charge is 0.261 e. The van der Waals surface area contributed by atoms with E-state index in [0.29, 0.717) is 18.7 Å². The number of nitrogens with one attached hydrogen (secondary N) is 1. The van der Waals surface area contributed by atoms with Crippen LogP contribution in [0.2, 0.25) is 0 Å². The summed E-state index contributed by atoms with van der Waals surface area (Å²) in [5, 5.41) is 2.91. The van der Waals surface area contributed by atoms with E-state index in [1.807, 2.05) is 19.1 Å². The Morgan fingerprint density at radius 1 is 1.20 bits per heavy atom. The molecule has 0 heterocycles. The third-order valence-electron chi connectivity index (χ3n) is 3.82. The number of rotatable bonds is 9. The van der Waals surface area contributed by atoms with Crippen LogP contribution in [0.15, 0.2) is 48.5 Å². The normalized spacial score (nSPS) is 11.8. The van der Waals surface area contributed by atoms with Crippen LogP contribution in [0.3, 0.4) is 0 Å². The van der Waals surface area contributed by atoms with Crippen LogP contribution in [0.4, 0.5) is 4.39 Å². The molecular weight excluding hydrogens is 337 g/mol. The Hall–Kier alpha value is -2.01. The summed E-state index contributed by atoms with van der Waals surface area (Å²) in [5.74, 6) is 1.81. The molecule has 0 radical (unpaired) electrons. The van der Waals surface area contributed by atoms with Gasteiger partial charge in [0.15, 0.2) is 6.10 Å². The maximum absolute atomic E-state index is 12.9. The van der Waals surface area contributed by atoms with Crippen LogP contribution in [-0.2, 0) is 10.5 Å². The lowest BCUT2D eigenvalue weighted by Gasteiger charge is -2.17. The van der Waals surface area contributed by atoms with Crippen molar-refractivity contribution >= 4 is 17.7 Å². The summed E-state index contributed by atoms with van der Waals surface area (Å²) in [6.45, 7) is 4.59. The van der Waals surface area contributed by atoms with E-state index in [9.17, 15) is 9.18 Å². The molecule has 0 aliphatic carbocycles. The molecule has 3 nitrogen and oxygen atoms in total. The second kappa shape index (κ2) is 10.1. The maximum Gasteiger partial charge on any atom is 0.261 e. The third-order valence-corrected chi connectivity index (χ3v) is 4.83. The fraction of sp³-hybridized carbons (Fsp3) is 0.350. The van der Waals surface area contributed by atoms with Gasteiger partial charge in [0, 0.05) is 18.1 Å². The number of carbonyl (C=O) groups is 1. The molecule has 2 rings (SSSR count). The van der Waals surface area contributed by atoms with Crippen molar-refractivity contribution in [2.24, 2.45) is 0 Å². The monoisotopic (exact) mass is 361 g/mol. The predicted octanol–water partition coefficient (Wildman–Crippen LogP) is 4.34. The topological polar surface area (TPSA) is 38.3 Å². The second-order valence-electron chi connectivity index (χ2n) is 5.74. The zero-order chi connectivity index (χ0) is 18.1. The van der Waals surface area contributed by atoms with Crippen LogP contribution in [-0.4, -0.2) is 24.3 Å². The van der Waals surface area contributed by atoms with Crippen molar-refractivity contribution in [3.63, 3.8) is 0 Å². The first-order valence-electron chi connectivity index (χ1n) is 8.42. The van der Waals surface area contributed by atoms with Crippen molar-refractivity contribution in [3.05, 3.63) is 65.5 Å². The summed E-state index contributed by atoms with van der Waals surface area (Å²) in [5.41, 5.74) is 2.61. The first-order valence-corrected chi connectivity index (χ1v) is 9.57. The average Bonchev–Trinajstić information content (AvgIpc) is 2.62. The van der Waals surface area contributed by atoms with Crippen LogP contribution in [0.5, 0.6) is 5.75 Å². The molecule has 5 heteroatoms. The SMILES string of the molecule is CC[C@H](Oc1ccc(F)cc1)C(=O)NCCSCc1ccccc1C. The summed E-state index contributed by atoms with van der Waals surface area (Å²) < 4.78 is 18.6. The van der Waals surface area contributed by atoms with E-state index in [2.05, 4.69) is 24.4 Å². The van der Waals surface area contributed by atoms with Gasteiger partial charge in [-0.05, 0) is 48.7 Å². The van der Waals surface area contributed by atoms with E-state index < -0.39 is 6.10 Å². The van der Waals surface area contributed by atoms with E-state index >= 15 is 0 Å². The molecule has 0 saturated carbocycles. The highest BCUT2D eigenvalue weighted by Crippen LogP contribution is 2.16. The molecule has 1 amide bonds. The molecule has 1 N–H and O–H groups in total. The van der Waals surface area contributed by atoms with Crippen molar-refractivity contribution < 1.29 is 13.9 Å². The van der Waals surface area contributed by atoms with Crippen LogP contribution in [0.1, 0.15) is 24.5 Å². The van der Waals surface area contributed by atoms with Gasteiger partial charge in [0.2, 0.25) is 0 Å². The van der Waals surface area contributed by atoms with E-state index in [1.165, 1.54) is 35.4 Å². The first kappa shape index (κ1) is 19.3. The summed E-state index contributed by atoms with van der Waals surface area (Å²) in [4.78, 5) is 12.2. The lowest BCUT2D eigenvalue weighted by molar-refractivity contribution is -0.127. The molecule has 0 fully saturated rings. The van der Waals surface area contributed by atoms with Gasteiger partial charge in [0.25, 0.3) is 5.91 Å². The third kappa shape index (κ3) is 6.42. The largest absolute Gasteiger partial charge is 0.481 e. The number of halogens is 1. The summed E-state index contributed by atoms with van der Waals surface area (Å²) in [6.07, 6.45) is -0.00800. The van der Waals surface area contributed by atoms with Gasteiger partial charge in [0.1, 0.15) is 11.6 Å². The lowest BCUT2D eigenvalue weighted by atomic mass is 10.1. The number of ether oxygens (including phenoxy) is 1. The number of thioether (sulfide) groups is 1. The minimum Gasteiger partial charge on any atom is -0.481 e. The minimum atomic E-state index is -0.563. The molecule has 0 aliphatic heterocycles. The molecule has 1 atom stereocenters. The summed E-state index contributed by atoms with van der Waals surface area (Å²) in [7, 11) is 0. The summed E-state index contributed by atoms with van der Waals surface area (Å²) >= 11 is 1.79. The number of aryl methyl sites for hydroxylation is 1. The van der Waals surface area contributed by atoms with Crippen LogP contribution < -0.4 is 10.1 Å². The van der Waals surface area contributed by atoms with Crippen LogP contribution in [0, 0.1) is 12.7 Å². The molecule has 0 unspecified atom stereocenters. The molecule has 134 valence electrons. The van der Waals surface area contributed by atoms with E-state index in [1.54, 1.807) is 11.8 Å². The zero-order valence-electron chi connectivity index (χ0n) is 14.6. The molecule has 2 aromatic carbocycles. The van der Waals surface area contributed by atoms with Crippen LogP contribution >= 0.6 is 11.8 Å². The highest BCUT2D eigenvalue weighted by Gasteiger charge is 2.17. The van der Waals surface area contributed by atoms with Crippen molar-refractivity contribution in [1.82, 2.24) is 5.32 Å². The van der Waals surface area contributed by atoms with Crippen molar-refractivity contribution in [2.75, 3.05) is 12.3 Å². The minimum absolute atomic E-state index is 0.136. The number of amides is 1. The highest BCUT2D eigenvalue weighted by molar-refractivity contribution is 7.98. The van der Waals surface area contributed by atoms with E-state index in [-0.39, 0.29) is 11.7 Å². The number of hydrogen-bond donors (Lipinski definition) is 1. The molecule has 0 aromatic heterocycles. The fourth-order valence-electron chi connectivity index (χ4n) is 2.31. The second-order valence-corrected chi connectivity index (χ2v) is 6.84. The quantitative estimate of drug-likeness (QED) is 0.675. The molecule has 2 aromatic rings. The van der Waals surface area contributed by atoms with Gasteiger partial charge >= 0.3 is 0 Å². The van der Waals surface area contributed by atoms with Gasteiger partial charge < -0.3 is 10.1 Å². The van der Waals surface area contributed by atoms with E-state index in [0.717, 1.165) is 11.5 Å². The maximum atomic E-state index is 12.9.